The van der Waals surface area contributed by atoms with E-state index in [-0.39, 0.29) is 11.8 Å². The van der Waals surface area contributed by atoms with E-state index < -0.39 is 6.10 Å². The van der Waals surface area contributed by atoms with E-state index in [9.17, 15) is 9.90 Å². The minimum absolute atomic E-state index is 0.106. The van der Waals surface area contributed by atoms with Gasteiger partial charge >= 0.3 is 0 Å². The van der Waals surface area contributed by atoms with Gasteiger partial charge in [0.1, 0.15) is 18.5 Å². The smallest absolute Gasteiger partial charge is 0.227 e. The van der Waals surface area contributed by atoms with Gasteiger partial charge in [0, 0.05) is 18.2 Å². The van der Waals surface area contributed by atoms with Gasteiger partial charge in [0.15, 0.2) is 0 Å². The maximum absolute atomic E-state index is 11.7. The molecule has 0 radical (unpaired) electrons. The zero-order valence-corrected chi connectivity index (χ0v) is 14.4. The summed E-state index contributed by atoms with van der Waals surface area (Å²) >= 11 is 0. The molecule has 1 atom stereocenters. The van der Waals surface area contributed by atoms with Crippen LogP contribution in [0.1, 0.15) is 32.6 Å². The summed E-state index contributed by atoms with van der Waals surface area (Å²) in [6.07, 6.45) is 3.94. The van der Waals surface area contributed by atoms with Crippen molar-refractivity contribution in [1.29, 1.82) is 0 Å². The Morgan fingerprint density at radius 3 is 2.54 bits per heavy atom. The number of likely N-dealkylation sites (tertiary alicyclic amines) is 1. The van der Waals surface area contributed by atoms with Gasteiger partial charge in [0.25, 0.3) is 0 Å². The van der Waals surface area contributed by atoms with E-state index in [0.29, 0.717) is 18.9 Å². The minimum atomic E-state index is -0.479. The van der Waals surface area contributed by atoms with Crippen molar-refractivity contribution in [3.8, 4) is 5.75 Å². The maximum atomic E-state index is 11.7. The molecule has 2 N–H and O–H groups in total. The number of β-amino-alcohol motifs (C(OH)–C–C–N with tert-alkyl or cyclic N) is 1. The second kappa shape index (κ2) is 7.99. The molecule has 5 nitrogen and oxygen atoms in total. The van der Waals surface area contributed by atoms with Gasteiger partial charge in [-0.15, -0.1) is 0 Å². The highest BCUT2D eigenvalue weighted by Gasteiger charge is 2.29. The molecule has 1 heterocycles. The van der Waals surface area contributed by atoms with E-state index >= 15 is 0 Å². The molecule has 5 heteroatoms. The van der Waals surface area contributed by atoms with E-state index in [1.54, 1.807) is 0 Å². The Kier molecular flexibility index (Phi) is 5.74. The van der Waals surface area contributed by atoms with Crippen LogP contribution < -0.4 is 10.1 Å². The van der Waals surface area contributed by atoms with Crippen molar-refractivity contribution >= 4 is 11.6 Å². The first-order valence-corrected chi connectivity index (χ1v) is 9.04. The van der Waals surface area contributed by atoms with Crippen LogP contribution in [0.4, 0.5) is 5.69 Å². The van der Waals surface area contributed by atoms with Crippen LogP contribution in [-0.2, 0) is 4.79 Å². The molecule has 0 spiro atoms. The number of anilines is 1. The lowest BCUT2D eigenvalue weighted by molar-refractivity contribution is -0.117. The molecule has 2 fully saturated rings. The molecule has 1 aliphatic carbocycles. The van der Waals surface area contributed by atoms with Crippen LogP contribution in [0.2, 0.25) is 0 Å². The van der Waals surface area contributed by atoms with Gasteiger partial charge in [0.05, 0.1) is 0 Å². The molecule has 132 valence electrons. The lowest BCUT2D eigenvalue weighted by Crippen LogP contribution is -2.40. The van der Waals surface area contributed by atoms with Crippen molar-refractivity contribution in [1.82, 2.24) is 4.90 Å². The molecular formula is C19H28N2O3. The lowest BCUT2D eigenvalue weighted by atomic mass is 9.99. The first-order valence-electron chi connectivity index (χ1n) is 9.04. The summed E-state index contributed by atoms with van der Waals surface area (Å²) in [5.74, 6) is 1.82. The van der Waals surface area contributed by atoms with Crippen LogP contribution in [0, 0.1) is 11.8 Å². The second-order valence-electron chi connectivity index (χ2n) is 7.24. The summed E-state index contributed by atoms with van der Waals surface area (Å²) in [6.45, 7) is 5.37. The van der Waals surface area contributed by atoms with Crippen molar-refractivity contribution < 1.29 is 14.6 Å². The van der Waals surface area contributed by atoms with Gasteiger partial charge in [0.2, 0.25) is 5.91 Å². The molecule has 0 bridgehead atoms. The van der Waals surface area contributed by atoms with Crippen LogP contribution in [0.25, 0.3) is 0 Å². The quantitative estimate of drug-likeness (QED) is 0.805. The van der Waals surface area contributed by atoms with Crippen LogP contribution in [0.5, 0.6) is 5.75 Å². The highest BCUT2D eigenvalue weighted by molar-refractivity contribution is 5.94. The fourth-order valence-corrected chi connectivity index (χ4v) is 3.01. The monoisotopic (exact) mass is 332 g/mol. The Labute approximate surface area is 144 Å². The molecule has 1 saturated carbocycles. The Morgan fingerprint density at radius 1 is 1.25 bits per heavy atom. The molecular weight excluding hydrogens is 304 g/mol. The number of rotatable bonds is 7. The predicted molar refractivity (Wildman–Crippen MR) is 94.1 cm³/mol. The minimum Gasteiger partial charge on any atom is -0.491 e. The first kappa shape index (κ1) is 17.2. The largest absolute Gasteiger partial charge is 0.491 e. The van der Waals surface area contributed by atoms with Gasteiger partial charge in [-0.2, -0.15) is 0 Å². The first-order chi connectivity index (χ1) is 11.6. The van der Waals surface area contributed by atoms with Crippen molar-refractivity contribution in [2.45, 2.75) is 38.7 Å². The Balaban J connectivity index is 1.38. The number of hydrogen-bond acceptors (Lipinski definition) is 4. The average molecular weight is 332 g/mol. The molecule has 1 aromatic carbocycles. The summed E-state index contributed by atoms with van der Waals surface area (Å²) < 4.78 is 5.66. The third-order valence-corrected chi connectivity index (χ3v) is 4.86. The lowest BCUT2D eigenvalue weighted by Gasteiger charge is -2.31. The summed E-state index contributed by atoms with van der Waals surface area (Å²) in [4.78, 5) is 14.0. The van der Waals surface area contributed by atoms with Gasteiger partial charge in [-0.1, -0.05) is 6.92 Å². The highest BCUT2D eigenvalue weighted by Crippen LogP contribution is 2.30. The van der Waals surface area contributed by atoms with Crippen LogP contribution in [-0.4, -0.2) is 48.3 Å². The number of ether oxygens (including phenoxy) is 1. The molecule has 1 unspecified atom stereocenters. The zero-order valence-electron chi connectivity index (χ0n) is 14.4. The van der Waals surface area contributed by atoms with E-state index in [2.05, 4.69) is 17.1 Å². The topological polar surface area (TPSA) is 61.8 Å². The Hall–Kier alpha value is -1.59. The van der Waals surface area contributed by atoms with Crippen molar-refractivity contribution in [3.63, 3.8) is 0 Å². The second-order valence-corrected chi connectivity index (χ2v) is 7.24. The van der Waals surface area contributed by atoms with Crippen molar-refractivity contribution in [2.75, 3.05) is 31.6 Å². The van der Waals surface area contributed by atoms with E-state index in [4.69, 9.17) is 4.74 Å². The number of nitrogens with one attached hydrogen (secondary N) is 1. The number of amides is 1. The van der Waals surface area contributed by atoms with E-state index in [1.165, 1.54) is 12.8 Å². The molecule has 1 amide bonds. The third kappa shape index (κ3) is 5.21. The third-order valence-electron chi connectivity index (χ3n) is 4.86. The van der Waals surface area contributed by atoms with Crippen LogP contribution in [0.15, 0.2) is 24.3 Å². The molecule has 1 aromatic rings. The molecule has 1 aliphatic heterocycles. The SMILES string of the molecule is CC1CCN(CC(O)COc2ccc(NC(=O)C3CC3)cc2)CC1. The van der Waals surface area contributed by atoms with Crippen molar-refractivity contribution in [3.05, 3.63) is 24.3 Å². The van der Waals surface area contributed by atoms with Crippen LogP contribution >= 0.6 is 0 Å². The molecule has 24 heavy (non-hydrogen) atoms. The summed E-state index contributed by atoms with van der Waals surface area (Å²) in [7, 11) is 0. The van der Waals surface area contributed by atoms with Gasteiger partial charge in [-0.3, -0.25) is 4.79 Å². The number of carbonyl (C=O) groups is 1. The van der Waals surface area contributed by atoms with Crippen molar-refractivity contribution in [2.24, 2.45) is 11.8 Å². The maximum Gasteiger partial charge on any atom is 0.227 e. The zero-order chi connectivity index (χ0) is 16.9. The summed E-state index contributed by atoms with van der Waals surface area (Å²) in [5.41, 5.74) is 0.794. The fraction of sp³-hybridized carbons (Fsp3) is 0.632. The number of aliphatic hydroxyl groups excluding tert-OH is 1. The molecule has 1 saturated heterocycles. The number of aliphatic hydroxyl groups is 1. The van der Waals surface area contributed by atoms with E-state index in [0.717, 1.165) is 37.5 Å². The van der Waals surface area contributed by atoms with Gasteiger partial charge in [-0.05, 0) is 69.0 Å². The molecule has 0 aromatic heterocycles. The molecule has 3 rings (SSSR count). The molecule has 2 aliphatic rings. The predicted octanol–water partition coefficient (Wildman–Crippen LogP) is 2.51. The standard InChI is InChI=1S/C19H28N2O3/c1-14-8-10-21(11-9-14)12-17(22)13-24-18-6-4-16(5-7-18)20-19(23)15-2-3-15/h4-7,14-15,17,22H,2-3,8-13H2,1H3,(H,20,23). The Morgan fingerprint density at radius 2 is 1.92 bits per heavy atom. The number of nitrogens with zero attached hydrogens (tertiary/aromatic N) is 1. The average Bonchev–Trinajstić information content (AvgIpc) is 3.41. The van der Waals surface area contributed by atoms with Crippen LogP contribution in [0.3, 0.4) is 0 Å². The summed E-state index contributed by atoms with van der Waals surface area (Å²) in [6, 6.07) is 7.34. The number of carbonyl (C=O) groups excluding carboxylic acids is 1. The Bertz CT molecular complexity index is 534. The normalized spacial score (nSPS) is 20.6. The van der Waals surface area contributed by atoms with Gasteiger partial charge in [-0.25, -0.2) is 0 Å². The number of piperidine rings is 1. The highest BCUT2D eigenvalue weighted by atomic mass is 16.5. The summed E-state index contributed by atoms with van der Waals surface area (Å²) in [5, 5.41) is 13.0. The number of hydrogen-bond donors (Lipinski definition) is 2. The van der Waals surface area contributed by atoms with Gasteiger partial charge < -0.3 is 20.1 Å². The van der Waals surface area contributed by atoms with E-state index in [1.807, 2.05) is 24.3 Å². The number of benzene rings is 1. The fourth-order valence-electron chi connectivity index (χ4n) is 3.01.